The summed E-state index contributed by atoms with van der Waals surface area (Å²) in [6, 6.07) is 19.3. The zero-order chi connectivity index (χ0) is 64.5. The Kier molecular flexibility index (Phi) is 41.6. The number of carbonyl (C=O) groups excluding carboxylic acids is 4. The Bertz CT molecular complexity index is 2460. The van der Waals surface area contributed by atoms with Crippen LogP contribution >= 0.6 is 0 Å². The van der Waals surface area contributed by atoms with Gasteiger partial charge >= 0.3 is 0 Å². The molecule has 0 spiro atoms. The molecule has 0 saturated carbocycles. The van der Waals surface area contributed by atoms with E-state index in [1.807, 2.05) is 12.1 Å². The van der Waals surface area contributed by atoms with E-state index in [4.69, 9.17) is 30.4 Å². The average Bonchev–Trinajstić information content (AvgIpc) is 1.18. The number of carbonyl (C=O) groups is 4. The number of hydrogen-bond acceptors (Lipinski definition) is 10. The molecule has 0 aliphatic carbocycles. The van der Waals surface area contributed by atoms with Gasteiger partial charge in [0.2, 0.25) is 11.8 Å². The normalized spacial score (nSPS) is 11.3. The van der Waals surface area contributed by atoms with Gasteiger partial charge < -0.3 is 41.0 Å². The number of primary amides is 2. The van der Waals surface area contributed by atoms with Gasteiger partial charge in [-0.05, 0) is 86.3 Å². The van der Waals surface area contributed by atoms with Gasteiger partial charge in [-0.2, -0.15) is 10.2 Å². The van der Waals surface area contributed by atoms with E-state index in [-0.39, 0.29) is 33.6 Å². The van der Waals surface area contributed by atoms with Crippen molar-refractivity contribution in [1.29, 1.82) is 0 Å². The minimum absolute atomic E-state index is 0.0286. The third-order valence-corrected chi connectivity index (χ3v) is 16.6. The lowest BCUT2D eigenvalue weighted by Crippen LogP contribution is -2.16. The molecule has 0 bridgehead atoms. The molecule has 0 radical (unpaired) electrons. The van der Waals surface area contributed by atoms with Crippen LogP contribution in [0.3, 0.4) is 0 Å². The molecule has 0 heterocycles. The number of nitrogens with one attached hydrogen (secondary N) is 2. The first kappa shape index (κ1) is 76.0. The molecule has 0 aliphatic heterocycles. The highest BCUT2D eigenvalue weighted by Crippen LogP contribution is 2.34. The Morgan fingerprint density at radius 1 is 0.300 bits per heavy atom. The Morgan fingerprint density at radius 3 is 0.789 bits per heavy atom. The van der Waals surface area contributed by atoms with Crippen molar-refractivity contribution in [2.75, 3.05) is 37.1 Å². The minimum Gasteiger partial charge on any atom is -0.490 e. The van der Waals surface area contributed by atoms with Crippen LogP contribution in [0, 0.1) is 0 Å². The molecule has 6 N–H and O–H groups in total. The van der Waals surface area contributed by atoms with Gasteiger partial charge in [-0.15, -0.1) is 0 Å². The predicted molar refractivity (Wildman–Crippen MR) is 372 cm³/mol. The number of hydrogen-bond donors (Lipinski definition) is 4. The van der Waals surface area contributed by atoms with Crippen LogP contribution in [-0.4, -0.2) is 50.1 Å². The summed E-state index contributed by atoms with van der Waals surface area (Å²) in [6.07, 6.45) is 49.0. The zero-order valence-electron chi connectivity index (χ0n) is 56.4. The summed E-state index contributed by atoms with van der Waals surface area (Å²) in [4.78, 5) is 53.4. The average molecular weight is 1240 g/mol. The molecule has 14 heteroatoms. The number of unbranched alkanes of at least 4 members (excludes halogenated alkanes) is 36. The summed E-state index contributed by atoms with van der Waals surface area (Å²) in [5, 5.41) is 14.6. The van der Waals surface area contributed by atoms with Crippen LogP contribution in [0.25, 0.3) is 0 Å². The quantitative estimate of drug-likeness (QED) is 0.0247. The predicted octanol–water partition coefficient (Wildman–Crippen LogP) is 22.0. The van der Waals surface area contributed by atoms with Crippen LogP contribution in [0.4, 0.5) is 22.7 Å². The van der Waals surface area contributed by atoms with Gasteiger partial charge in [0.05, 0.1) is 37.8 Å². The second-order valence-electron chi connectivity index (χ2n) is 24.8. The van der Waals surface area contributed by atoms with Gasteiger partial charge in [0.15, 0.2) is 23.0 Å². The fraction of sp³-hybridized carbons (Fsp3) is 0.632. The zero-order valence-corrected chi connectivity index (χ0v) is 56.4. The summed E-state index contributed by atoms with van der Waals surface area (Å²) < 4.78 is 25.3. The first-order valence-corrected chi connectivity index (χ1v) is 35.8. The Morgan fingerprint density at radius 2 is 0.533 bits per heavy atom. The second-order valence-corrected chi connectivity index (χ2v) is 24.8. The van der Waals surface area contributed by atoms with Crippen molar-refractivity contribution in [3.63, 3.8) is 0 Å². The van der Waals surface area contributed by atoms with Gasteiger partial charge in [-0.3, -0.25) is 19.2 Å². The van der Waals surface area contributed by atoms with Crippen LogP contribution in [0.1, 0.15) is 326 Å². The van der Waals surface area contributed by atoms with Gasteiger partial charge in [0, 0.05) is 45.8 Å². The van der Waals surface area contributed by atoms with E-state index in [0.29, 0.717) is 60.8 Å². The summed E-state index contributed by atoms with van der Waals surface area (Å²) in [7, 11) is 0. The highest BCUT2D eigenvalue weighted by Gasteiger charge is 2.18. The second kappa shape index (κ2) is 49.3. The molecule has 14 nitrogen and oxygen atoms in total. The number of amides is 4. The minimum atomic E-state index is -0.775. The molecule has 90 heavy (non-hydrogen) atoms. The smallest absolute Gasteiger partial charge is 0.255 e. The summed E-state index contributed by atoms with van der Waals surface area (Å²) in [6.45, 7) is 11.2. The lowest BCUT2D eigenvalue weighted by molar-refractivity contribution is 0.0990. The van der Waals surface area contributed by atoms with Gasteiger partial charge in [-0.25, -0.2) is 0 Å². The third kappa shape index (κ3) is 34.1. The SMILES string of the molecule is CCCCCCCCCCCCOc1ccc(NC(=O)c2cc(N=Nc3cc(C(N)=O)cc(C(=O)Nc4ccc(OCCCCCCCCCCCC)c(OCCCCCCCCCCCC)c4)c3)cc(C(N)=O)c2)cc1OCCCCCCCCCCCC. The van der Waals surface area contributed by atoms with E-state index in [9.17, 15) is 19.2 Å². The Hall–Kier alpha value is -6.44. The lowest BCUT2D eigenvalue weighted by Gasteiger charge is -2.15. The molecule has 0 saturated heterocycles. The first-order valence-electron chi connectivity index (χ1n) is 35.8. The maximum absolute atomic E-state index is 14.0. The van der Waals surface area contributed by atoms with Gasteiger partial charge in [0.25, 0.3) is 11.8 Å². The third-order valence-electron chi connectivity index (χ3n) is 16.6. The van der Waals surface area contributed by atoms with Crippen molar-refractivity contribution in [2.24, 2.45) is 21.7 Å². The van der Waals surface area contributed by atoms with E-state index >= 15 is 0 Å². The van der Waals surface area contributed by atoms with E-state index in [1.54, 1.807) is 24.3 Å². The molecule has 0 aliphatic rings. The summed E-state index contributed by atoms with van der Waals surface area (Å²) >= 11 is 0. The van der Waals surface area contributed by atoms with Crippen molar-refractivity contribution >= 4 is 46.4 Å². The number of azo groups is 1. The molecule has 0 fully saturated rings. The van der Waals surface area contributed by atoms with Crippen molar-refractivity contribution in [3.05, 3.63) is 95.1 Å². The van der Waals surface area contributed by atoms with Gasteiger partial charge in [0.1, 0.15) is 0 Å². The molecule has 4 aromatic carbocycles. The molecule has 0 unspecified atom stereocenters. The van der Waals surface area contributed by atoms with Gasteiger partial charge in [-0.1, -0.05) is 259 Å². The molecule has 4 rings (SSSR count). The van der Waals surface area contributed by atoms with Crippen molar-refractivity contribution < 1.29 is 38.1 Å². The van der Waals surface area contributed by atoms with E-state index in [0.717, 1.165) is 51.4 Å². The summed E-state index contributed by atoms with van der Waals surface area (Å²) in [5.74, 6) is -0.250. The Balaban J connectivity index is 1.45. The standard InChI is InChI=1S/C76H118N6O8/c1-5-9-13-17-21-25-29-33-37-41-49-87-69-47-45-65(59-71(69)89-51-43-39-35-31-27-23-19-15-11-7-3)79-75(85)63-53-61(73(77)83)55-67(57-63)81-82-68-56-62(74(78)84)54-64(58-68)76(86)80-66-46-48-70(88-50-42-38-34-30-26-22-18-14-10-6-2)72(60-66)90-52-44-40-36-32-28-24-20-16-12-8-4/h45-48,53-60H,5-44,49-52H2,1-4H3,(H2,77,83)(H2,78,84)(H,79,85)(H,80,86). The molecule has 4 amide bonds. The maximum Gasteiger partial charge on any atom is 0.255 e. The van der Waals surface area contributed by atoms with Crippen LogP contribution in [0.2, 0.25) is 0 Å². The fourth-order valence-electron chi connectivity index (χ4n) is 11.1. The highest BCUT2D eigenvalue weighted by atomic mass is 16.5. The molecule has 500 valence electrons. The maximum atomic E-state index is 14.0. The largest absolute Gasteiger partial charge is 0.490 e. The van der Waals surface area contributed by atoms with Crippen LogP contribution in [-0.2, 0) is 0 Å². The molecular weight excluding hydrogens is 1120 g/mol. The highest BCUT2D eigenvalue weighted by molar-refractivity contribution is 6.08. The number of benzene rings is 4. The first-order chi connectivity index (χ1) is 44.0. The van der Waals surface area contributed by atoms with E-state index in [1.165, 1.54) is 242 Å². The number of nitrogens with two attached hydrogens (primary N) is 2. The van der Waals surface area contributed by atoms with Crippen molar-refractivity contribution in [2.45, 2.75) is 285 Å². The van der Waals surface area contributed by atoms with E-state index < -0.39 is 23.6 Å². The molecule has 0 aromatic heterocycles. The van der Waals surface area contributed by atoms with Crippen molar-refractivity contribution in [3.8, 4) is 23.0 Å². The Labute approximate surface area is 543 Å². The molecular formula is C76H118N6O8. The number of rotatable bonds is 56. The monoisotopic (exact) mass is 1240 g/mol. The topological polar surface area (TPSA) is 206 Å². The van der Waals surface area contributed by atoms with E-state index in [2.05, 4.69) is 48.6 Å². The van der Waals surface area contributed by atoms with Crippen LogP contribution in [0.15, 0.2) is 83.0 Å². The molecule has 0 atom stereocenters. The summed E-state index contributed by atoms with van der Waals surface area (Å²) in [5.41, 5.74) is 13.0. The van der Waals surface area contributed by atoms with Crippen LogP contribution in [0.5, 0.6) is 23.0 Å². The number of nitrogens with zero attached hydrogens (tertiary/aromatic N) is 2. The fourth-order valence-corrected chi connectivity index (χ4v) is 11.1. The lowest BCUT2D eigenvalue weighted by atomic mass is 10.1. The molecule has 4 aromatic rings. The number of ether oxygens (including phenoxy) is 4. The van der Waals surface area contributed by atoms with Crippen molar-refractivity contribution in [1.82, 2.24) is 0 Å². The number of anilines is 2. The van der Waals surface area contributed by atoms with Crippen LogP contribution < -0.4 is 41.0 Å².